The van der Waals surface area contributed by atoms with Gasteiger partial charge in [-0.3, -0.25) is 4.79 Å². The summed E-state index contributed by atoms with van der Waals surface area (Å²) in [5.74, 6) is 1.01. The lowest BCUT2D eigenvalue weighted by molar-refractivity contribution is 0.102. The van der Waals surface area contributed by atoms with E-state index in [0.717, 1.165) is 10.2 Å². The zero-order valence-electron chi connectivity index (χ0n) is 10.5. The molecule has 0 aliphatic heterocycles. The van der Waals surface area contributed by atoms with Crippen molar-refractivity contribution in [2.75, 3.05) is 12.9 Å². The Morgan fingerprint density at radius 3 is 2.89 bits per heavy atom. The molecular formula is C13H12BrNO3S. The zero-order chi connectivity index (χ0) is 13.8. The monoisotopic (exact) mass is 341 g/mol. The van der Waals surface area contributed by atoms with E-state index in [1.54, 1.807) is 31.6 Å². The molecule has 0 saturated heterocycles. The van der Waals surface area contributed by atoms with Crippen LogP contribution in [-0.2, 0) is 0 Å². The number of nitrogens with zero attached hydrogens (tertiary/aromatic N) is 1. The second-order valence-electron chi connectivity index (χ2n) is 3.82. The lowest BCUT2D eigenvalue weighted by Crippen LogP contribution is -2.02. The molecule has 0 aliphatic rings. The SMILES string of the molecule is COc1ccc(C(=O)CSc2nc(C)co2)cc1Br. The summed E-state index contributed by atoms with van der Waals surface area (Å²) >= 11 is 4.65. The van der Waals surface area contributed by atoms with Crippen molar-refractivity contribution in [3.63, 3.8) is 0 Å². The van der Waals surface area contributed by atoms with Crippen LogP contribution < -0.4 is 4.74 Å². The van der Waals surface area contributed by atoms with Crippen molar-refractivity contribution in [3.05, 3.63) is 40.2 Å². The van der Waals surface area contributed by atoms with Gasteiger partial charge in [-0.25, -0.2) is 4.98 Å². The number of thioether (sulfide) groups is 1. The van der Waals surface area contributed by atoms with E-state index in [4.69, 9.17) is 9.15 Å². The van der Waals surface area contributed by atoms with Gasteiger partial charge in [0, 0.05) is 5.56 Å². The minimum absolute atomic E-state index is 0.0178. The third-order valence-electron chi connectivity index (χ3n) is 2.40. The van der Waals surface area contributed by atoms with Crippen molar-refractivity contribution >= 4 is 33.5 Å². The van der Waals surface area contributed by atoms with E-state index >= 15 is 0 Å². The molecule has 0 aliphatic carbocycles. The average molecular weight is 342 g/mol. The second-order valence-corrected chi connectivity index (χ2v) is 5.60. The number of ether oxygens (including phenoxy) is 1. The minimum atomic E-state index is 0.0178. The quantitative estimate of drug-likeness (QED) is 0.612. The predicted octanol–water partition coefficient (Wildman–Crippen LogP) is 3.73. The first kappa shape index (κ1) is 14.1. The molecular weight excluding hydrogens is 330 g/mol. The summed E-state index contributed by atoms with van der Waals surface area (Å²) in [5, 5.41) is 0.512. The molecule has 6 heteroatoms. The topological polar surface area (TPSA) is 52.3 Å². The van der Waals surface area contributed by atoms with Crippen LogP contribution >= 0.6 is 27.7 Å². The molecule has 0 bridgehead atoms. The Hall–Kier alpha value is -1.27. The Labute approximate surface area is 123 Å². The highest BCUT2D eigenvalue weighted by molar-refractivity contribution is 9.10. The fourth-order valence-electron chi connectivity index (χ4n) is 1.45. The van der Waals surface area contributed by atoms with Crippen LogP contribution in [0.2, 0.25) is 0 Å². The third-order valence-corrected chi connectivity index (χ3v) is 3.86. The molecule has 0 N–H and O–H groups in total. The van der Waals surface area contributed by atoms with E-state index in [1.165, 1.54) is 11.8 Å². The molecule has 1 aromatic carbocycles. The van der Waals surface area contributed by atoms with E-state index in [1.807, 2.05) is 6.92 Å². The number of rotatable bonds is 5. The van der Waals surface area contributed by atoms with Gasteiger partial charge in [-0.15, -0.1) is 0 Å². The number of methoxy groups -OCH3 is 1. The van der Waals surface area contributed by atoms with Crippen molar-refractivity contribution in [2.45, 2.75) is 12.1 Å². The Morgan fingerprint density at radius 2 is 2.32 bits per heavy atom. The maximum atomic E-state index is 12.0. The minimum Gasteiger partial charge on any atom is -0.496 e. The van der Waals surface area contributed by atoms with E-state index in [-0.39, 0.29) is 5.78 Å². The molecule has 0 amide bonds. The fourth-order valence-corrected chi connectivity index (χ4v) is 2.74. The van der Waals surface area contributed by atoms with Crippen LogP contribution in [0, 0.1) is 6.92 Å². The number of aryl methyl sites for hydroxylation is 1. The van der Waals surface area contributed by atoms with E-state index in [9.17, 15) is 4.79 Å². The number of halogens is 1. The summed E-state index contributed by atoms with van der Waals surface area (Å²) in [7, 11) is 1.59. The highest BCUT2D eigenvalue weighted by Crippen LogP contribution is 2.26. The van der Waals surface area contributed by atoms with Crippen molar-refractivity contribution < 1.29 is 13.9 Å². The highest BCUT2D eigenvalue weighted by Gasteiger charge is 2.11. The highest BCUT2D eigenvalue weighted by atomic mass is 79.9. The van der Waals surface area contributed by atoms with Crippen molar-refractivity contribution in [3.8, 4) is 5.75 Å². The number of carbonyl (C=O) groups excluding carboxylic acids is 1. The molecule has 0 fully saturated rings. The fraction of sp³-hybridized carbons (Fsp3) is 0.231. The Kier molecular flexibility index (Phi) is 4.66. The van der Waals surface area contributed by atoms with Gasteiger partial charge >= 0.3 is 0 Å². The molecule has 19 heavy (non-hydrogen) atoms. The predicted molar refractivity (Wildman–Crippen MR) is 77.0 cm³/mol. The number of carbonyl (C=O) groups is 1. The molecule has 2 rings (SSSR count). The van der Waals surface area contributed by atoms with Crippen LogP contribution in [0.15, 0.2) is 38.6 Å². The number of hydrogen-bond acceptors (Lipinski definition) is 5. The summed E-state index contributed by atoms with van der Waals surface area (Å²) < 4.78 is 11.1. The number of oxazole rings is 1. The number of benzene rings is 1. The summed E-state index contributed by atoms with van der Waals surface area (Å²) in [4.78, 5) is 16.2. The Morgan fingerprint density at radius 1 is 1.53 bits per heavy atom. The molecule has 0 atom stereocenters. The lowest BCUT2D eigenvalue weighted by Gasteiger charge is -2.05. The first-order valence-corrected chi connectivity index (χ1v) is 7.29. The van der Waals surface area contributed by atoms with Crippen molar-refractivity contribution in [1.82, 2.24) is 4.98 Å². The molecule has 4 nitrogen and oxygen atoms in total. The van der Waals surface area contributed by atoms with E-state index in [0.29, 0.717) is 22.3 Å². The van der Waals surface area contributed by atoms with Crippen LogP contribution in [0.25, 0.3) is 0 Å². The number of ketones is 1. The molecule has 1 aromatic heterocycles. The maximum Gasteiger partial charge on any atom is 0.256 e. The van der Waals surface area contributed by atoms with Gasteiger partial charge in [0.15, 0.2) is 5.78 Å². The van der Waals surface area contributed by atoms with Crippen LogP contribution in [0.4, 0.5) is 0 Å². The summed E-state index contributed by atoms with van der Waals surface area (Å²) in [6, 6.07) is 5.26. The maximum absolute atomic E-state index is 12.0. The van der Waals surface area contributed by atoms with Gasteiger partial charge in [0.25, 0.3) is 5.22 Å². The molecule has 0 saturated carbocycles. The molecule has 100 valence electrons. The molecule has 0 unspecified atom stereocenters. The largest absolute Gasteiger partial charge is 0.496 e. The summed E-state index contributed by atoms with van der Waals surface area (Å²) in [5.41, 5.74) is 1.44. The van der Waals surface area contributed by atoms with Crippen molar-refractivity contribution in [1.29, 1.82) is 0 Å². The first-order chi connectivity index (χ1) is 9.10. The molecule has 0 radical (unpaired) electrons. The van der Waals surface area contributed by atoms with Gasteiger partial charge in [0.05, 0.1) is 23.0 Å². The Bertz CT molecular complexity index is 597. The Balaban J connectivity index is 2.01. The third kappa shape index (κ3) is 3.61. The van der Waals surface area contributed by atoms with Crippen LogP contribution in [0.3, 0.4) is 0 Å². The van der Waals surface area contributed by atoms with Gasteiger partial charge in [0.2, 0.25) is 0 Å². The number of aromatic nitrogens is 1. The van der Waals surface area contributed by atoms with Gasteiger partial charge < -0.3 is 9.15 Å². The standard InChI is InChI=1S/C13H12BrNO3S/c1-8-6-18-13(15-8)19-7-11(16)9-3-4-12(17-2)10(14)5-9/h3-6H,7H2,1-2H3. The summed E-state index contributed by atoms with van der Waals surface area (Å²) in [6.45, 7) is 1.84. The van der Waals surface area contributed by atoms with Crippen molar-refractivity contribution in [2.24, 2.45) is 0 Å². The molecule has 1 heterocycles. The van der Waals surface area contributed by atoms with Crippen LogP contribution in [0.1, 0.15) is 16.1 Å². The first-order valence-electron chi connectivity index (χ1n) is 5.52. The normalized spacial score (nSPS) is 10.5. The van der Waals surface area contributed by atoms with Crippen LogP contribution in [-0.4, -0.2) is 23.6 Å². The van der Waals surface area contributed by atoms with E-state index in [2.05, 4.69) is 20.9 Å². The van der Waals surface area contributed by atoms with Gasteiger partial charge in [-0.2, -0.15) is 0 Å². The number of hydrogen-bond donors (Lipinski definition) is 0. The smallest absolute Gasteiger partial charge is 0.256 e. The molecule has 0 spiro atoms. The lowest BCUT2D eigenvalue weighted by atomic mass is 10.1. The molecule has 2 aromatic rings. The van der Waals surface area contributed by atoms with Crippen LogP contribution in [0.5, 0.6) is 5.75 Å². The zero-order valence-corrected chi connectivity index (χ0v) is 12.9. The van der Waals surface area contributed by atoms with Gasteiger partial charge in [-0.1, -0.05) is 11.8 Å². The van der Waals surface area contributed by atoms with Gasteiger partial charge in [0.1, 0.15) is 12.0 Å². The second kappa shape index (κ2) is 6.25. The number of Topliss-reactive ketones (excluding diaryl/α,β-unsaturated/α-hetero) is 1. The summed E-state index contributed by atoms with van der Waals surface area (Å²) in [6.07, 6.45) is 1.57. The average Bonchev–Trinajstić information content (AvgIpc) is 2.81. The van der Waals surface area contributed by atoms with E-state index < -0.39 is 0 Å². The van der Waals surface area contributed by atoms with Gasteiger partial charge in [-0.05, 0) is 41.1 Å².